The molecule has 0 aliphatic carbocycles. The van der Waals surface area contributed by atoms with E-state index in [1.807, 2.05) is 6.07 Å². The highest BCUT2D eigenvalue weighted by atomic mass is 19.3. The summed E-state index contributed by atoms with van der Waals surface area (Å²) < 4.78 is 26.4. The molecule has 16 heavy (non-hydrogen) atoms. The third kappa shape index (κ3) is 1.76. The van der Waals surface area contributed by atoms with Crippen LogP contribution in [0.25, 0.3) is 11.3 Å². The number of nitrogens with zero attached hydrogens (tertiary/aromatic N) is 2. The van der Waals surface area contributed by atoms with Crippen LogP contribution < -0.4 is 5.73 Å². The number of hydrogen-bond donors (Lipinski definition) is 1. The minimum absolute atomic E-state index is 0.238. The maximum atomic E-state index is 12.5. The molecule has 0 unspecified atom stereocenters. The lowest BCUT2D eigenvalue weighted by Gasteiger charge is -2.05. The standard InChI is InChI=1S/C11H11F2N3/c1-16-9(6-15-11(16)10(12)13)7-3-2-4-8(14)5-7/h2-6,10H,14H2,1H3. The van der Waals surface area contributed by atoms with Gasteiger partial charge < -0.3 is 10.3 Å². The summed E-state index contributed by atoms with van der Waals surface area (Å²) in [5, 5.41) is 0. The van der Waals surface area contributed by atoms with Crippen molar-refractivity contribution in [3.05, 3.63) is 36.3 Å². The van der Waals surface area contributed by atoms with Crippen molar-refractivity contribution in [3.8, 4) is 11.3 Å². The average Bonchev–Trinajstić information content (AvgIpc) is 2.60. The van der Waals surface area contributed by atoms with Crippen LogP contribution in [0.3, 0.4) is 0 Å². The molecular formula is C11H11F2N3. The second-order valence-corrected chi connectivity index (χ2v) is 3.49. The number of benzene rings is 1. The Hall–Kier alpha value is -1.91. The quantitative estimate of drug-likeness (QED) is 0.795. The summed E-state index contributed by atoms with van der Waals surface area (Å²) in [4.78, 5) is 3.69. The molecule has 2 N–H and O–H groups in total. The Kier molecular flexibility index (Phi) is 2.60. The average molecular weight is 223 g/mol. The number of nitrogen functional groups attached to an aromatic ring is 1. The summed E-state index contributed by atoms with van der Waals surface area (Å²) >= 11 is 0. The Bertz CT molecular complexity index is 506. The molecule has 2 aromatic rings. The Labute approximate surface area is 91.5 Å². The van der Waals surface area contributed by atoms with Gasteiger partial charge in [0.2, 0.25) is 0 Å². The highest BCUT2D eigenvalue weighted by molar-refractivity contribution is 5.64. The topological polar surface area (TPSA) is 43.8 Å². The van der Waals surface area contributed by atoms with Crippen LogP contribution >= 0.6 is 0 Å². The first-order valence-corrected chi connectivity index (χ1v) is 4.75. The molecule has 1 aromatic carbocycles. The van der Waals surface area contributed by atoms with E-state index in [2.05, 4.69) is 4.98 Å². The minimum atomic E-state index is -2.57. The molecule has 0 saturated carbocycles. The molecule has 0 amide bonds. The first kappa shape index (κ1) is 10.6. The second kappa shape index (κ2) is 3.92. The normalized spacial score (nSPS) is 11.0. The van der Waals surface area contributed by atoms with Crippen molar-refractivity contribution in [1.82, 2.24) is 9.55 Å². The van der Waals surface area contributed by atoms with E-state index < -0.39 is 6.43 Å². The summed E-state index contributed by atoms with van der Waals surface area (Å²) in [6.07, 6.45) is -1.14. The van der Waals surface area contributed by atoms with E-state index >= 15 is 0 Å². The fraction of sp³-hybridized carbons (Fsp3) is 0.182. The van der Waals surface area contributed by atoms with Crippen molar-refractivity contribution in [1.29, 1.82) is 0 Å². The van der Waals surface area contributed by atoms with Gasteiger partial charge in [-0.3, -0.25) is 0 Å². The molecule has 0 spiro atoms. The highest BCUT2D eigenvalue weighted by Gasteiger charge is 2.16. The molecular weight excluding hydrogens is 212 g/mol. The summed E-state index contributed by atoms with van der Waals surface area (Å²) in [6.45, 7) is 0. The van der Waals surface area contributed by atoms with Gasteiger partial charge in [0.25, 0.3) is 6.43 Å². The predicted octanol–water partition coefficient (Wildman–Crippen LogP) is 2.61. The maximum absolute atomic E-state index is 12.5. The molecule has 0 fully saturated rings. The lowest BCUT2D eigenvalue weighted by atomic mass is 10.1. The SMILES string of the molecule is Cn1c(-c2cccc(N)c2)cnc1C(F)F. The van der Waals surface area contributed by atoms with E-state index in [1.165, 1.54) is 10.8 Å². The van der Waals surface area contributed by atoms with Crippen molar-refractivity contribution >= 4 is 5.69 Å². The number of aromatic nitrogens is 2. The van der Waals surface area contributed by atoms with Gasteiger partial charge in [-0.25, -0.2) is 13.8 Å². The fourth-order valence-corrected chi connectivity index (χ4v) is 1.59. The number of halogens is 2. The monoisotopic (exact) mass is 223 g/mol. The molecule has 0 radical (unpaired) electrons. The molecule has 2 rings (SSSR count). The van der Waals surface area contributed by atoms with Gasteiger partial charge >= 0.3 is 0 Å². The van der Waals surface area contributed by atoms with Gasteiger partial charge in [-0.05, 0) is 12.1 Å². The predicted molar refractivity (Wildman–Crippen MR) is 58.0 cm³/mol. The van der Waals surface area contributed by atoms with Crippen LogP contribution in [0.15, 0.2) is 30.5 Å². The van der Waals surface area contributed by atoms with E-state index in [1.54, 1.807) is 25.2 Å². The van der Waals surface area contributed by atoms with Crippen molar-refractivity contribution in [2.45, 2.75) is 6.43 Å². The third-order valence-corrected chi connectivity index (χ3v) is 2.40. The molecule has 5 heteroatoms. The number of imidazole rings is 1. The van der Waals surface area contributed by atoms with Crippen LogP contribution in [0.5, 0.6) is 0 Å². The maximum Gasteiger partial charge on any atom is 0.295 e. The van der Waals surface area contributed by atoms with Gasteiger partial charge in [-0.1, -0.05) is 12.1 Å². The van der Waals surface area contributed by atoms with Gasteiger partial charge in [0.15, 0.2) is 5.82 Å². The smallest absolute Gasteiger partial charge is 0.295 e. The van der Waals surface area contributed by atoms with Gasteiger partial charge in [0.05, 0.1) is 11.9 Å². The zero-order chi connectivity index (χ0) is 11.7. The van der Waals surface area contributed by atoms with Crippen LogP contribution in [-0.4, -0.2) is 9.55 Å². The van der Waals surface area contributed by atoms with Crippen LogP contribution in [0.1, 0.15) is 12.2 Å². The van der Waals surface area contributed by atoms with Crippen LogP contribution in [-0.2, 0) is 7.05 Å². The number of hydrogen-bond acceptors (Lipinski definition) is 2. The highest BCUT2D eigenvalue weighted by Crippen LogP contribution is 2.25. The van der Waals surface area contributed by atoms with Crippen molar-refractivity contribution in [2.24, 2.45) is 7.05 Å². The van der Waals surface area contributed by atoms with E-state index in [-0.39, 0.29) is 5.82 Å². The van der Waals surface area contributed by atoms with E-state index in [4.69, 9.17) is 5.73 Å². The molecule has 1 aromatic heterocycles. The van der Waals surface area contributed by atoms with Crippen molar-refractivity contribution < 1.29 is 8.78 Å². The Morgan fingerprint density at radius 1 is 1.38 bits per heavy atom. The van der Waals surface area contributed by atoms with Crippen molar-refractivity contribution in [3.63, 3.8) is 0 Å². The van der Waals surface area contributed by atoms with E-state index in [0.717, 1.165) is 5.56 Å². The zero-order valence-electron chi connectivity index (χ0n) is 8.69. The van der Waals surface area contributed by atoms with E-state index in [0.29, 0.717) is 11.4 Å². The molecule has 0 aliphatic rings. The van der Waals surface area contributed by atoms with E-state index in [9.17, 15) is 8.78 Å². The lowest BCUT2D eigenvalue weighted by molar-refractivity contribution is 0.137. The van der Waals surface area contributed by atoms with Crippen LogP contribution in [0, 0.1) is 0 Å². The Morgan fingerprint density at radius 3 is 2.69 bits per heavy atom. The molecule has 0 atom stereocenters. The Balaban J connectivity index is 2.49. The largest absolute Gasteiger partial charge is 0.399 e. The third-order valence-electron chi connectivity index (χ3n) is 2.40. The summed E-state index contributed by atoms with van der Waals surface area (Å²) in [5.41, 5.74) is 7.64. The first-order valence-electron chi connectivity index (χ1n) is 4.75. The van der Waals surface area contributed by atoms with Gasteiger partial charge in [-0.15, -0.1) is 0 Å². The van der Waals surface area contributed by atoms with Gasteiger partial charge in [-0.2, -0.15) is 0 Å². The fourth-order valence-electron chi connectivity index (χ4n) is 1.59. The lowest BCUT2D eigenvalue weighted by Crippen LogP contribution is -2.00. The summed E-state index contributed by atoms with van der Waals surface area (Å²) in [6, 6.07) is 7.06. The number of rotatable bonds is 2. The first-order chi connectivity index (χ1) is 7.59. The molecule has 1 heterocycles. The Morgan fingerprint density at radius 2 is 2.12 bits per heavy atom. The van der Waals surface area contributed by atoms with Gasteiger partial charge in [0, 0.05) is 18.3 Å². The number of alkyl halides is 2. The number of anilines is 1. The van der Waals surface area contributed by atoms with Gasteiger partial charge in [0.1, 0.15) is 0 Å². The molecule has 0 bridgehead atoms. The second-order valence-electron chi connectivity index (χ2n) is 3.49. The number of nitrogens with two attached hydrogens (primary N) is 1. The summed E-state index contributed by atoms with van der Waals surface area (Å²) in [5.74, 6) is -0.238. The molecule has 0 saturated heterocycles. The molecule has 0 aliphatic heterocycles. The summed E-state index contributed by atoms with van der Waals surface area (Å²) in [7, 11) is 1.56. The van der Waals surface area contributed by atoms with Crippen LogP contribution in [0.4, 0.5) is 14.5 Å². The zero-order valence-corrected chi connectivity index (χ0v) is 8.69. The molecule has 84 valence electrons. The van der Waals surface area contributed by atoms with Crippen LogP contribution in [0.2, 0.25) is 0 Å². The minimum Gasteiger partial charge on any atom is -0.399 e. The van der Waals surface area contributed by atoms with Crippen molar-refractivity contribution in [2.75, 3.05) is 5.73 Å². The molecule has 3 nitrogen and oxygen atoms in total.